The van der Waals surface area contributed by atoms with Crippen LogP contribution >= 0.6 is 0 Å². The molecule has 1 unspecified atom stereocenters. The Morgan fingerprint density at radius 3 is 2.28 bits per heavy atom. The molecule has 2 amide bonds. The van der Waals surface area contributed by atoms with Crippen LogP contribution in [0.5, 0.6) is 0 Å². The van der Waals surface area contributed by atoms with Gasteiger partial charge < -0.3 is 10.2 Å². The highest BCUT2D eigenvalue weighted by atomic mass is 16.2. The predicted molar refractivity (Wildman–Crippen MR) is 103 cm³/mol. The summed E-state index contributed by atoms with van der Waals surface area (Å²) in [5.41, 5.74) is 1.98. The summed E-state index contributed by atoms with van der Waals surface area (Å²) in [6.07, 6.45) is 2.14. The zero-order valence-corrected chi connectivity index (χ0v) is 16.5. The minimum Gasteiger partial charge on any atom is -0.351 e. The molecule has 138 valence electrons. The molecule has 2 rings (SSSR count). The van der Waals surface area contributed by atoms with E-state index in [0.29, 0.717) is 6.54 Å². The van der Waals surface area contributed by atoms with Crippen LogP contribution in [0.4, 0.5) is 5.69 Å². The number of carbonyl (C=O) groups excluding carboxylic acids is 2. The fourth-order valence-electron chi connectivity index (χ4n) is 3.85. The second-order valence-corrected chi connectivity index (χ2v) is 9.04. The summed E-state index contributed by atoms with van der Waals surface area (Å²) in [7, 11) is 0. The van der Waals surface area contributed by atoms with Gasteiger partial charge in [0.1, 0.15) is 0 Å². The Kier molecular flexibility index (Phi) is 5.60. The predicted octanol–water partition coefficient (Wildman–Crippen LogP) is 3.93. The Labute approximate surface area is 152 Å². The Balaban J connectivity index is 2.02. The highest BCUT2D eigenvalue weighted by molar-refractivity contribution is 6.00. The lowest BCUT2D eigenvalue weighted by molar-refractivity contribution is -0.128. The van der Waals surface area contributed by atoms with Crippen LogP contribution in [0, 0.1) is 11.3 Å². The molecule has 1 aliphatic rings. The summed E-state index contributed by atoms with van der Waals surface area (Å²) in [5, 5.41) is 3.15. The molecule has 25 heavy (non-hydrogen) atoms. The van der Waals surface area contributed by atoms with Gasteiger partial charge in [0.2, 0.25) is 11.8 Å². The van der Waals surface area contributed by atoms with Gasteiger partial charge in [0, 0.05) is 24.2 Å². The van der Waals surface area contributed by atoms with Crippen LogP contribution in [-0.4, -0.2) is 23.9 Å². The van der Waals surface area contributed by atoms with Crippen LogP contribution in [0.3, 0.4) is 0 Å². The molecule has 1 N–H and O–H groups in total. The first kappa shape index (κ1) is 19.5. The summed E-state index contributed by atoms with van der Waals surface area (Å²) < 4.78 is 0. The van der Waals surface area contributed by atoms with E-state index in [9.17, 15) is 9.59 Å². The van der Waals surface area contributed by atoms with Crippen LogP contribution in [0.1, 0.15) is 59.9 Å². The number of aryl methyl sites for hydroxylation is 1. The molecular formula is C21H32N2O2. The summed E-state index contributed by atoms with van der Waals surface area (Å²) in [6.45, 7) is 13.2. The SMILES string of the molecule is CCc1ccc(N2CC(C(=O)NC(C)(C)CC(C)(C)C)CC2=O)cc1. The summed E-state index contributed by atoms with van der Waals surface area (Å²) in [6, 6.07) is 8.03. The molecule has 0 radical (unpaired) electrons. The number of rotatable bonds is 5. The molecule has 1 aromatic rings. The smallest absolute Gasteiger partial charge is 0.227 e. The van der Waals surface area contributed by atoms with Crippen molar-refractivity contribution in [2.24, 2.45) is 11.3 Å². The largest absolute Gasteiger partial charge is 0.351 e. The Bertz CT molecular complexity index is 626. The van der Waals surface area contributed by atoms with Gasteiger partial charge >= 0.3 is 0 Å². The van der Waals surface area contributed by atoms with Gasteiger partial charge in [0.05, 0.1) is 5.92 Å². The second-order valence-electron chi connectivity index (χ2n) is 9.04. The number of carbonyl (C=O) groups is 2. The van der Waals surface area contributed by atoms with Gasteiger partial charge in [-0.05, 0) is 49.8 Å². The van der Waals surface area contributed by atoms with Crippen LogP contribution in [0.25, 0.3) is 0 Å². The normalized spacial score (nSPS) is 18.6. The second kappa shape index (κ2) is 7.19. The average molecular weight is 344 g/mol. The van der Waals surface area contributed by atoms with Crippen molar-refractivity contribution < 1.29 is 9.59 Å². The van der Waals surface area contributed by atoms with Crippen molar-refractivity contribution in [2.75, 3.05) is 11.4 Å². The third-order valence-electron chi connectivity index (χ3n) is 4.59. The van der Waals surface area contributed by atoms with Crippen LogP contribution in [-0.2, 0) is 16.0 Å². The average Bonchev–Trinajstić information content (AvgIpc) is 2.86. The number of amides is 2. The van der Waals surface area contributed by atoms with E-state index in [1.165, 1.54) is 5.56 Å². The van der Waals surface area contributed by atoms with E-state index in [0.717, 1.165) is 18.5 Å². The number of hydrogen-bond acceptors (Lipinski definition) is 2. The molecule has 4 heteroatoms. The molecule has 0 saturated carbocycles. The van der Waals surface area contributed by atoms with Gasteiger partial charge in [-0.2, -0.15) is 0 Å². The summed E-state index contributed by atoms with van der Waals surface area (Å²) >= 11 is 0. The Morgan fingerprint density at radius 1 is 1.16 bits per heavy atom. The fourth-order valence-corrected chi connectivity index (χ4v) is 3.85. The number of anilines is 1. The first-order chi connectivity index (χ1) is 11.5. The molecule has 0 spiro atoms. The first-order valence-electron chi connectivity index (χ1n) is 9.22. The van der Waals surface area contributed by atoms with Crippen molar-refractivity contribution >= 4 is 17.5 Å². The minimum atomic E-state index is -0.283. The van der Waals surface area contributed by atoms with Gasteiger partial charge in [-0.3, -0.25) is 9.59 Å². The molecule has 4 nitrogen and oxygen atoms in total. The highest BCUT2D eigenvalue weighted by Crippen LogP contribution is 2.29. The molecule has 0 bridgehead atoms. The van der Waals surface area contributed by atoms with Crippen molar-refractivity contribution in [3.8, 4) is 0 Å². The molecule has 1 heterocycles. The standard InChI is InChI=1S/C21H32N2O2/c1-7-15-8-10-17(11-9-15)23-13-16(12-18(23)24)19(25)22-21(5,6)14-20(2,3)4/h8-11,16H,7,12-14H2,1-6H3,(H,22,25). The number of benzene rings is 1. The first-order valence-corrected chi connectivity index (χ1v) is 9.22. The molecule has 1 aliphatic heterocycles. The zero-order chi connectivity index (χ0) is 18.8. The summed E-state index contributed by atoms with van der Waals surface area (Å²) in [5.74, 6) is -0.272. The quantitative estimate of drug-likeness (QED) is 0.880. The molecule has 1 aromatic carbocycles. The maximum atomic E-state index is 12.7. The Morgan fingerprint density at radius 2 is 1.76 bits per heavy atom. The van der Waals surface area contributed by atoms with Gasteiger partial charge in [-0.25, -0.2) is 0 Å². The van der Waals surface area contributed by atoms with Gasteiger partial charge in [0.15, 0.2) is 0 Å². The van der Waals surface area contributed by atoms with Crippen molar-refractivity contribution in [3.63, 3.8) is 0 Å². The van der Waals surface area contributed by atoms with E-state index >= 15 is 0 Å². The third-order valence-corrected chi connectivity index (χ3v) is 4.59. The molecule has 0 aliphatic carbocycles. The van der Waals surface area contributed by atoms with Crippen molar-refractivity contribution in [1.82, 2.24) is 5.32 Å². The molecule has 1 fully saturated rings. The third kappa shape index (κ3) is 5.32. The molecule has 0 aromatic heterocycles. The van der Waals surface area contributed by atoms with Gasteiger partial charge in [-0.1, -0.05) is 39.8 Å². The fraction of sp³-hybridized carbons (Fsp3) is 0.619. The van der Waals surface area contributed by atoms with E-state index in [2.05, 4.69) is 33.0 Å². The number of nitrogens with zero attached hydrogens (tertiary/aromatic N) is 1. The van der Waals surface area contributed by atoms with Crippen molar-refractivity contribution in [1.29, 1.82) is 0 Å². The number of nitrogens with one attached hydrogen (secondary N) is 1. The molecule has 1 saturated heterocycles. The van der Waals surface area contributed by atoms with E-state index in [1.807, 2.05) is 38.1 Å². The van der Waals surface area contributed by atoms with Crippen LogP contribution in [0.15, 0.2) is 24.3 Å². The molecular weight excluding hydrogens is 312 g/mol. The topological polar surface area (TPSA) is 49.4 Å². The maximum Gasteiger partial charge on any atom is 0.227 e. The number of hydrogen-bond donors (Lipinski definition) is 1. The van der Waals surface area contributed by atoms with Gasteiger partial charge in [0.25, 0.3) is 0 Å². The lowest BCUT2D eigenvalue weighted by Gasteiger charge is -2.34. The van der Waals surface area contributed by atoms with Crippen LogP contribution < -0.4 is 10.2 Å². The van der Waals surface area contributed by atoms with Crippen molar-refractivity contribution in [2.45, 2.75) is 66.3 Å². The van der Waals surface area contributed by atoms with E-state index in [1.54, 1.807) is 4.90 Å². The monoisotopic (exact) mass is 344 g/mol. The molecule has 1 atom stereocenters. The summed E-state index contributed by atoms with van der Waals surface area (Å²) in [4.78, 5) is 26.8. The zero-order valence-electron chi connectivity index (χ0n) is 16.5. The minimum absolute atomic E-state index is 0.0183. The van der Waals surface area contributed by atoms with Gasteiger partial charge in [-0.15, -0.1) is 0 Å². The highest BCUT2D eigenvalue weighted by Gasteiger charge is 2.37. The van der Waals surface area contributed by atoms with E-state index in [4.69, 9.17) is 0 Å². The van der Waals surface area contributed by atoms with Crippen molar-refractivity contribution in [3.05, 3.63) is 29.8 Å². The van der Waals surface area contributed by atoms with E-state index in [-0.39, 0.29) is 35.1 Å². The van der Waals surface area contributed by atoms with Crippen LogP contribution in [0.2, 0.25) is 0 Å². The Hall–Kier alpha value is -1.84. The lowest BCUT2D eigenvalue weighted by Crippen LogP contribution is -2.48. The van der Waals surface area contributed by atoms with E-state index < -0.39 is 0 Å². The maximum absolute atomic E-state index is 12.7. The lowest BCUT2D eigenvalue weighted by atomic mass is 9.81.